The number of carbonyl (C=O) groups excluding carboxylic acids is 1. The molecule has 5 rings (SSSR count). The van der Waals surface area contributed by atoms with Gasteiger partial charge in [-0.2, -0.15) is 0 Å². The predicted octanol–water partition coefficient (Wildman–Crippen LogP) is 2.94. The number of ether oxygens (including phenoxy) is 1. The van der Waals surface area contributed by atoms with Gasteiger partial charge < -0.3 is 30.1 Å². The number of rotatable bonds is 3. The monoisotopic (exact) mass is 480 g/mol. The Bertz CT molecular complexity index is 1270. The molecule has 2 amide bonds. The zero-order valence-electron chi connectivity index (χ0n) is 19.3. The third-order valence-corrected chi connectivity index (χ3v) is 6.58. The maximum atomic E-state index is 13.9. The molecule has 3 aliphatic rings. The Morgan fingerprint density at radius 1 is 1.29 bits per heavy atom. The SMILES string of the molecule is CC1(C)O/C(=C2/C(=O)Nc3ccc(F)cc32)C=C1c1ccc(N2CCN(C(=O)O)CC2CO)nc1. The fourth-order valence-electron chi connectivity index (χ4n) is 4.80. The van der Waals surface area contributed by atoms with Gasteiger partial charge in [0.05, 0.1) is 18.2 Å². The Labute approximate surface area is 201 Å². The molecule has 182 valence electrons. The lowest BCUT2D eigenvalue weighted by molar-refractivity contribution is -0.111. The van der Waals surface area contributed by atoms with Gasteiger partial charge in [-0.25, -0.2) is 14.2 Å². The number of carbonyl (C=O) groups is 2. The van der Waals surface area contributed by atoms with Crippen molar-refractivity contribution in [3.8, 4) is 0 Å². The van der Waals surface area contributed by atoms with Gasteiger partial charge in [-0.15, -0.1) is 0 Å². The van der Waals surface area contributed by atoms with Crippen LogP contribution >= 0.6 is 0 Å². The maximum Gasteiger partial charge on any atom is 0.407 e. The van der Waals surface area contributed by atoms with E-state index in [-0.39, 0.29) is 30.7 Å². The van der Waals surface area contributed by atoms with Crippen molar-refractivity contribution in [1.29, 1.82) is 0 Å². The van der Waals surface area contributed by atoms with Crippen LogP contribution in [0.5, 0.6) is 0 Å². The van der Waals surface area contributed by atoms with E-state index in [1.54, 1.807) is 12.3 Å². The first-order valence-electron chi connectivity index (χ1n) is 11.3. The van der Waals surface area contributed by atoms with Crippen molar-refractivity contribution in [2.24, 2.45) is 0 Å². The van der Waals surface area contributed by atoms with Gasteiger partial charge >= 0.3 is 6.09 Å². The van der Waals surface area contributed by atoms with Crippen molar-refractivity contribution in [1.82, 2.24) is 9.88 Å². The molecular weight excluding hydrogens is 455 g/mol. The molecule has 0 aliphatic carbocycles. The highest BCUT2D eigenvalue weighted by atomic mass is 19.1. The summed E-state index contributed by atoms with van der Waals surface area (Å²) in [5, 5.41) is 21.8. The second kappa shape index (κ2) is 8.38. The predicted molar refractivity (Wildman–Crippen MR) is 127 cm³/mol. The number of halogens is 1. The topological polar surface area (TPSA) is 115 Å². The lowest BCUT2D eigenvalue weighted by Gasteiger charge is -2.40. The smallest absolute Gasteiger partial charge is 0.407 e. The number of carboxylic acid groups (broad SMARTS) is 1. The molecule has 0 bridgehead atoms. The number of piperazine rings is 1. The van der Waals surface area contributed by atoms with Gasteiger partial charge in [0.15, 0.2) is 0 Å². The number of anilines is 2. The van der Waals surface area contributed by atoms with Crippen LogP contribution in [0.4, 0.5) is 20.7 Å². The van der Waals surface area contributed by atoms with Crippen LogP contribution in [0.2, 0.25) is 0 Å². The van der Waals surface area contributed by atoms with Crippen LogP contribution in [0.25, 0.3) is 11.1 Å². The number of allylic oxidation sites excluding steroid dienone is 1. The molecule has 9 nitrogen and oxygen atoms in total. The molecule has 1 saturated heterocycles. The Kier molecular flexibility index (Phi) is 5.47. The zero-order chi connectivity index (χ0) is 24.9. The minimum absolute atomic E-state index is 0.194. The lowest BCUT2D eigenvalue weighted by Crippen LogP contribution is -2.56. The Morgan fingerprint density at radius 2 is 2.09 bits per heavy atom. The molecule has 1 aromatic carbocycles. The third kappa shape index (κ3) is 3.99. The molecule has 10 heteroatoms. The number of nitrogens with one attached hydrogen (secondary N) is 1. The van der Waals surface area contributed by atoms with Gasteiger partial charge in [0.1, 0.15) is 23.0 Å². The number of nitrogens with zero attached hydrogens (tertiary/aromatic N) is 3. The number of hydrogen-bond acceptors (Lipinski definition) is 6. The minimum Gasteiger partial charge on any atom is -0.482 e. The first-order valence-corrected chi connectivity index (χ1v) is 11.3. The van der Waals surface area contributed by atoms with E-state index in [1.807, 2.05) is 30.9 Å². The highest BCUT2D eigenvalue weighted by Crippen LogP contribution is 2.44. The molecule has 1 aromatic heterocycles. The molecule has 1 unspecified atom stereocenters. The lowest BCUT2D eigenvalue weighted by atomic mass is 9.93. The number of amides is 2. The first-order chi connectivity index (χ1) is 16.7. The first kappa shape index (κ1) is 22.9. The van der Waals surface area contributed by atoms with Crippen molar-refractivity contribution in [2.45, 2.75) is 25.5 Å². The number of benzene rings is 1. The number of fused-ring (bicyclic) bond motifs is 1. The maximum absolute atomic E-state index is 13.9. The van der Waals surface area contributed by atoms with Crippen molar-refractivity contribution < 1.29 is 28.9 Å². The molecule has 3 aliphatic heterocycles. The van der Waals surface area contributed by atoms with E-state index >= 15 is 0 Å². The number of hydrogen-bond donors (Lipinski definition) is 3. The number of pyridine rings is 1. The summed E-state index contributed by atoms with van der Waals surface area (Å²) >= 11 is 0. The summed E-state index contributed by atoms with van der Waals surface area (Å²) in [6.07, 6.45) is 2.47. The Balaban J connectivity index is 1.45. The van der Waals surface area contributed by atoms with E-state index in [2.05, 4.69) is 10.3 Å². The number of aliphatic hydroxyl groups excluding tert-OH is 1. The van der Waals surface area contributed by atoms with E-state index in [0.29, 0.717) is 35.9 Å². The summed E-state index contributed by atoms with van der Waals surface area (Å²) < 4.78 is 20.0. The average molecular weight is 480 g/mol. The number of aromatic nitrogens is 1. The second-order valence-corrected chi connectivity index (χ2v) is 9.22. The summed E-state index contributed by atoms with van der Waals surface area (Å²) in [6, 6.07) is 7.46. The van der Waals surface area contributed by atoms with Crippen LogP contribution in [0.15, 0.2) is 48.4 Å². The molecule has 0 saturated carbocycles. The molecule has 4 heterocycles. The van der Waals surface area contributed by atoms with Crippen LogP contribution in [-0.4, -0.2) is 70.0 Å². The normalized spacial score (nSPS) is 23.0. The van der Waals surface area contributed by atoms with E-state index < -0.39 is 17.5 Å². The number of aliphatic hydroxyl groups is 1. The standard InChI is InChI=1S/C25H25FN4O5/c1-25(2)18(10-20(35-25)22-17-9-15(26)4-5-19(17)28-23(22)32)14-3-6-21(27-11-14)30-8-7-29(24(33)34)12-16(30)13-31/h3-6,9-11,16,31H,7-8,12-13H2,1-2H3,(H,28,32)(H,33,34)/b22-20+. The highest BCUT2D eigenvalue weighted by Gasteiger charge is 2.38. The molecule has 1 atom stereocenters. The van der Waals surface area contributed by atoms with E-state index in [0.717, 1.165) is 11.1 Å². The molecule has 0 spiro atoms. The van der Waals surface area contributed by atoms with Crippen molar-refractivity contribution in [3.63, 3.8) is 0 Å². The summed E-state index contributed by atoms with van der Waals surface area (Å²) in [5.74, 6) is 0.206. The zero-order valence-corrected chi connectivity index (χ0v) is 19.3. The summed E-state index contributed by atoms with van der Waals surface area (Å²) in [5.41, 5.74) is 2.12. The van der Waals surface area contributed by atoms with Gasteiger partial charge in [0, 0.05) is 48.2 Å². The van der Waals surface area contributed by atoms with Crippen LogP contribution in [0, 0.1) is 5.82 Å². The van der Waals surface area contributed by atoms with E-state index in [9.17, 15) is 24.2 Å². The second-order valence-electron chi connectivity index (χ2n) is 9.22. The van der Waals surface area contributed by atoms with Gasteiger partial charge in [0.25, 0.3) is 5.91 Å². The third-order valence-electron chi connectivity index (χ3n) is 6.58. The molecule has 35 heavy (non-hydrogen) atoms. The van der Waals surface area contributed by atoms with Crippen LogP contribution in [0.1, 0.15) is 25.0 Å². The molecule has 2 aromatic rings. The van der Waals surface area contributed by atoms with E-state index in [1.165, 1.54) is 23.1 Å². The minimum atomic E-state index is -1.01. The van der Waals surface area contributed by atoms with Gasteiger partial charge in [-0.3, -0.25) is 4.79 Å². The van der Waals surface area contributed by atoms with Crippen LogP contribution in [0.3, 0.4) is 0 Å². The van der Waals surface area contributed by atoms with Gasteiger partial charge in [0.2, 0.25) is 0 Å². The Morgan fingerprint density at radius 3 is 2.77 bits per heavy atom. The van der Waals surface area contributed by atoms with Crippen molar-refractivity contribution >= 4 is 34.7 Å². The average Bonchev–Trinajstić information content (AvgIpc) is 3.32. The fraction of sp³-hybridized carbons (Fsp3) is 0.320. The van der Waals surface area contributed by atoms with E-state index in [4.69, 9.17) is 4.74 Å². The summed E-state index contributed by atoms with van der Waals surface area (Å²) in [6.45, 7) is 4.51. The van der Waals surface area contributed by atoms with Crippen LogP contribution < -0.4 is 10.2 Å². The highest BCUT2D eigenvalue weighted by molar-refractivity contribution is 6.32. The molecule has 1 fully saturated rings. The quantitative estimate of drug-likeness (QED) is 0.579. The summed E-state index contributed by atoms with van der Waals surface area (Å²) in [4.78, 5) is 31.7. The van der Waals surface area contributed by atoms with Crippen LogP contribution in [-0.2, 0) is 9.53 Å². The largest absolute Gasteiger partial charge is 0.482 e. The van der Waals surface area contributed by atoms with Gasteiger partial charge in [-0.1, -0.05) is 0 Å². The molecule has 3 N–H and O–H groups in total. The summed E-state index contributed by atoms with van der Waals surface area (Å²) in [7, 11) is 0. The van der Waals surface area contributed by atoms with Crippen molar-refractivity contribution in [2.75, 3.05) is 36.5 Å². The molecular formula is C25H25FN4O5. The molecule has 0 radical (unpaired) electrons. The van der Waals surface area contributed by atoms with Crippen molar-refractivity contribution in [3.05, 3.63) is 65.3 Å². The Hall–Kier alpha value is -3.92. The van der Waals surface area contributed by atoms with Gasteiger partial charge in [-0.05, 0) is 50.3 Å². The fourth-order valence-corrected chi connectivity index (χ4v) is 4.80.